The normalized spacial score (nSPS) is 12.1. The number of hydrogen-bond acceptors (Lipinski definition) is 4. The summed E-state index contributed by atoms with van der Waals surface area (Å²) in [4.78, 5) is 22.1. The van der Waals surface area contributed by atoms with Gasteiger partial charge in [0.15, 0.2) is 5.92 Å². The number of carbonyl (C=O) groups excluding carboxylic acids is 1. The van der Waals surface area contributed by atoms with Crippen LogP contribution in [-0.4, -0.2) is 23.7 Å². The molecule has 0 bridgehead atoms. The van der Waals surface area contributed by atoms with E-state index in [-0.39, 0.29) is 6.61 Å². The highest BCUT2D eigenvalue weighted by atomic mass is 32.1. The van der Waals surface area contributed by atoms with Crippen LogP contribution in [-0.2, 0) is 14.3 Å². The van der Waals surface area contributed by atoms with Gasteiger partial charge in [0, 0.05) is 0 Å². The molecular weight excluding hydrogens is 204 g/mol. The Morgan fingerprint density at radius 3 is 2.79 bits per heavy atom. The first kappa shape index (κ1) is 10.7. The molecule has 1 unspecified atom stereocenters. The second-order valence-corrected chi connectivity index (χ2v) is 3.36. The summed E-state index contributed by atoms with van der Waals surface area (Å²) in [5.74, 6) is -3.08. The van der Waals surface area contributed by atoms with Crippen molar-refractivity contribution >= 4 is 23.3 Å². The summed E-state index contributed by atoms with van der Waals surface area (Å²) in [7, 11) is 0. The second-order valence-electron chi connectivity index (χ2n) is 2.58. The van der Waals surface area contributed by atoms with Gasteiger partial charge in [0.2, 0.25) is 0 Å². The van der Waals surface area contributed by atoms with Crippen LogP contribution in [0.1, 0.15) is 18.4 Å². The van der Waals surface area contributed by atoms with E-state index in [1.807, 2.05) is 0 Å². The van der Waals surface area contributed by atoms with Crippen LogP contribution in [0.15, 0.2) is 16.8 Å². The van der Waals surface area contributed by atoms with Gasteiger partial charge in [0.25, 0.3) is 0 Å². The highest BCUT2D eigenvalue weighted by molar-refractivity contribution is 7.08. The summed E-state index contributed by atoms with van der Waals surface area (Å²) in [5.41, 5.74) is 0.473. The van der Waals surface area contributed by atoms with Gasteiger partial charge < -0.3 is 9.84 Å². The standard InChI is InChI=1S/C9H10O4S/c1-2-13-9(12)7(8(10)11)6-3-4-14-5-6/h3-5,7H,2H2,1H3,(H,10,11). The number of aliphatic carboxylic acids is 1. The van der Waals surface area contributed by atoms with Crippen LogP contribution in [0.4, 0.5) is 0 Å². The minimum absolute atomic E-state index is 0.187. The van der Waals surface area contributed by atoms with Crippen molar-refractivity contribution in [2.24, 2.45) is 0 Å². The Morgan fingerprint density at radius 1 is 1.64 bits per heavy atom. The topological polar surface area (TPSA) is 63.6 Å². The molecule has 1 atom stereocenters. The fraction of sp³-hybridized carbons (Fsp3) is 0.333. The van der Waals surface area contributed by atoms with Crippen LogP contribution in [0.5, 0.6) is 0 Å². The molecule has 0 aliphatic rings. The third-order valence-electron chi connectivity index (χ3n) is 1.65. The van der Waals surface area contributed by atoms with Gasteiger partial charge in [-0.05, 0) is 29.3 Å². The third-order valence-corrected chi connectivity index (χ3v) is 2.35. The predicted molar refractivity (Wildman–Crippen MR) is 51.3 cm³/mol. The average Bonchev–Trinajstić information content (AvgIpc) is 2.57. The van der Waals surface area contributed by atoms with Gasteiger partial charge in [-0.3, -0.25) is 9.59 Å². The molecular formula is C9H10O4S. The maximum Gasteiger partial charge on any atom is 0.324 e. The van der Waals surface area contributed by atoms with Gasteiger partial charge >= 0.3 is 11.9 Å². The highest BCUT2D eigenvalue weighted by Crippen LogP contribution is 2.20. The molecule has 4 nitrogen and oxygen atoms in total. The molecule has 1 aromatic heterocycles. The van der Waals surface area contributed by atoms with Crippen LogP contribution >= 0.6 is 11.3 Å². The van der Waals surface area contributed by atoms with Crippen molar-refractivity contribution in [3.8, 4) is 0 Å². The number of ether oxygens (including phenoxy) is 1. The van der Waals surface area contributed by atoms with Gasteiger partial charge in [-0.1, -0.05) is 0 Å². The van der Waals surface area contributed by atoms with Crippen LogP contribution in [0.25, 0.3) is 0 Å². The molecule has 1 rings (SSSR count). The van der Waals surface area contributed by atoms with Gasteiger partial charge in [-0.2, -0.15) is 11.3 Å². The van der Waals surface area contributed by atoms with Crippen molar-refractivity contribution in [1.82, 2.24) is 0 Å². The van der Waals surface area contributed by atoms with Crippen molar-refractivity contribution < 1.29 is 19.4 Å². The highest BCUT2D eigenvalue weighted by Gasteiger charge is 2.29. The lowest BCUT2D eigenvalue weighted by Crippen LogP contribution is -2.23. The minimum atomic E-state index is -1.19. The van der Waals surface area contributed by atoms with Gasteiger partial charge in [0.1, 0.15) is 0 Å². The third kappa shape index (κ3) is 2.32. The Bertz CT molecular complexity index is 318. The lowest BCUT2D eigenvalue weighted by atomic mass is 10.0. The van der Waals surface area contributed by atoms with Gasteiger partial charge in [-0.15, -0.1) is 0 Å². The Kier molecular flexibility index (Phi) is 3.64. The van der Waals surface area contributed by atoms with E-state index in [1.54, 1.807) is 23.8 Å². The average molecular weight is 214 g/mol. The number of esters is 1. The van der Waals surface area contributed by atoms with E-state index in [0.29, 0.717) is 5.56 Å². The summed E-state index contributed by atoms with van der Waals surface area (Å²) in [6.45, 7) is 1.83. The molecule has 0 fully saturated rings. The second kappa shape index (κ2) is 4.76. The summed E-state index contributed by atoms with van der Waals surface area (Å²) in [5, 5.41) is 12.2. The van der Waals surface area contributed by atoms with Crippen LogP contribution in [0.2, 0.25) is 0 Å². The molecule has 0 saturated carbocycles. The molecule has 0 radical (unpaired) electrons. The van der Waals surface area contributed by atoms with Crippen LogP contribution < -0.4 is 0 Å². The van der Waals surface area contributed by atoms with E-state index in [2.05, 4.69) is 4.74 Å². The molecule has 14 heavy (non-hydrogen) atoms. The summed E-state index contributed by atoms with van der Waals surface area (Å²) < 4.78 is 4.67. The smallest absolute Gasteiger partial charge is 0.324 e. The fourth-order valence-corrected chi connectivity index (χ4v) is 1.73. The van der Waals surface area contributed by atoms with Crippen LogP contribution in [0.3, 0.4) is 0 Å². The van der Waals surface area contributed by atoms with E-state index in [4.69, 9.17) is 5.11 Å². The Labute approximate surface area is 85.1 Å². The molecule has 0 spiro atoms. The van der Waals surface area contributed by atoms with E-state index >= 15 is 0 Å². The number of hydrogen-bond donors (Lipinski definition) is 1. The largest absolute Gasteiger partial charge is 0.480 e. The first-order valence-electron chi connectivity index (χ1n) is 4.08. The predicted octanol–water partition coefficient (Wildman–Crippen LogP) is 1.48. The minimum Gasteiger partial charge on any atom is -0.480 e. The summed E-state index contributed by atoms with van der Waals surface area (Å²) in [6, 6.07) is 1.61. The van der Waals surface area contributed by atoms with E-state index in [0.717, 1.165) is 0 Å². The van der Waals surface area contributed by atoms with Gasteiger partial charge in [0.05, 0.1) is 6.61 Å². The summed E-state index contributed by atoms with van der Waals surface area (Å²) >= 11 is 1.35. The van der Waals surface area contributed by atoms with Crippen molar-refractivity contribution in [1.29, 1.82) is 0 Å². The van der Waals surface area contributed by atoms with Crippen molar-refractivity contribution in [2.45, 2.75) is 12.8 Å². The van der Waals surface area contributed by atoms with E-state index in [1.165, 1.54) is 11.3 Å². The molecule has 1 heterocycles. The fourth-order valence-electron chi connectivity index (χ4n) is 1.04. The molecule has 76 valence electrons. The zero-order chi connectivity index (χ0) is 10.6. The maximum absolute atomic E-state index is 11.3. The lowest BCUT2D eigenvalue weighted by molar-refractivity contribution is -0.153. The Morgan fingerprint density at radius 2 is 2.36 bits per heavy atom. The molecule has 0 aromatic carbocycles. The van der Waals surface area contributed by atoms with Crippen molar-refractivity contribution in [3.63, 3.8) is 0 Å². The molecule has 1 aromatic rings. The zero-order valence-corrected chi connectivity index (χ0v) is 8.41. The number of carbonyl (C=O) groups is 2. The number of carboxylic acids is 1. The molecule has 0 aliphatic carbocycles. The quantitative estimate of drug-likeness (QED) is 0.609. The monoisotopic (exact) mass is 214 g/mol. The molecule has 5 heteroatoms. The van der Waals surface area contributed by atoms with Crippen molar-refractivity contribution in [3.05, 3.63) is 22.4 Å². The lowest BCUT2D eigenvalue weighted by Gasteiger charge is -2.08. The first-order chi connectivity index (χ1) is 6.66. The SMILES string of the molecule is CCOC(=O)C(C(=O)O)c1ccsc1. The molecule has 0 saturated heterocycles. The van der Waals surface area contributed by atoms with Crippen LogP contribution in [0, 0.1) is 0 Å². The molecule has 0 aliphatic heterocycles. The molecule has 1 N–H and O–H groups in total. The van der Waals surface area contributed by atoms with E-state index < -0.39 is 17.9 Å². The Hall–Kier alpha value is -1.36. The van der Waals surface area contributed by atoms with Gasteiger partial charge in [-0.25, -0.2) is 0 Å². The number of rotatable bonds is 4. The van der Waals surface area contributed by atoms with Crippen molar-refractivity contribution in [2.75, 3.05) is 6.61 Å². The molecule has 0 amide bonds. The zero-order valence-electron chi connectivity index (χ0n) is 7.60. The summed E-state index contributed by atoms with van der Waals surface area (Å²) in [6.07, 6.45) is 0. The number of carboxylic acid groups (broad SMARTS) is 1. The van der Waals surface area contributed by atoms with E-state index in [9.17, 15) is 9.59 Å². The first-order valence-corrected chi connectivity index (χ1v) is 5.02. The number of thiophene rings is 1. The maximum atomic E-state index is 11.3. The Balaban J connectivity index is 2.85.